The molecule has 2 heterocycles. The molecule has 1 aliphatic heterocycles. The van der Waals surface area contributed by atoms with Crippen LogP contribution >= 0.6 is 0 Å². The van der Waals surface area contributed by atoms with Crippen molar-refractivity contribution in [3.63, 3.8) is 0 Å². The molecular formula is C20H24N2O2. The largest absolute Gasteiger partial charge is 0.461 e. The molecule has 1 saturated heterocycles. The average Bonchev–Trinajstić information content (AvgIpc) is 3.19. The molecule has 4 nitrogen and oxygen atoms in total. The quantitative estimate of drug-likeness (QED) is 0.626. The minimum atomic E-state index is -0.255. The summed E-state index contributed by atoms with van der Waals surface area (Å²) in [7, 11) is 0. The van der Waals surface area contributed by atoms with Crippen LogP contribution in [0.15, 0.2) is 18.2 Å². The predicted molar refractivity (Wildman–Crippen MR) is 96.2 cm³/mol. The maximum Gasteiger partial charge on any atom is 0.355 e. The van der Waals surface area contributed by atoms with Gasteiger partial charge in [-0.25, -0.2) is 4.79 Å². The Morgan fingerprint density at radius 2 is 2.04 bits per heavy atom. The molecule has 0 amide bonds. The SMILES string of the molecule is C#Cc1ccc2c(c1)c(C)c(C(=O)OCC)n2CCN1CCCC1. The Morgan fingerprint density at radius 1 is 1.29 bits per heavy atom. The summed E-state index contributed by atoms with van der Waals surface area (Å²) in [5.74, 6) is 2.42. The van der Waals surface area contributed by atoms with Crippen molar-refractivity contribution in [2.24, 2.45) is 0 Å². The van der Waals surface area contributed by atoms with Crippen LogP contribution in [0.2, 0.25) is 0 Å². The number of aromatic nitrogens is 1. The number of hydrogen-bond acceptors (Lipinski definition) is 3. The van der Waals surface area contributed by atoms with Gasteiger partial charge < -0.3 is 14.2 Å². The van der Waals surface area contributed by atoms with Crippen LogP contribution in [0.1, 0.15) is 41.4 Å². The van der Waals surface area contributed by atoms with Gasteiger partial charge in [0.1, 0.15) is 5.69 Å². The van der Waals surface area contributed by atoms with E-state index in [4.69, 9.17) is 11.2 Å². The maximum atomic E-state index is 12.5. The van der Waals surface area contributed by atoms with E-state index in [-0.39, 0.29) is 5.97 Å². The Morgan fingerprint density at radius 3 is 2.71 bits per heavy atom. The van der Waals surface area contributed by atoms with Crippen molar-refractivity contribution in [2.75, 3.05) is 26.2 Å². The Hall–Kier alpha value is -2.25. The van der Waals surface area contributed by atoms with E-state index in [9.17, 15) is 4.79 Å². The summed E-state index contributed by atoms with van der Waals surface area (Å²) < 4.78 is 7.39. The summed E-state index contributed by atoms with van der Waals surface area (Å²) in [5.41, 5.74) is 3.48. The van der Waals surface area contributed by atoms with Gasteiger partial charge in [0.2, 0.25) is 0 Å². The number of likely N-dealkylation sites (tertiary alicyclic amines) is 1. The van der Waals surface area contributed by atoms with E-state index in [2.05, 4.69) is 15.4 Å². The average molecular weight is 324 g/mol. The first kappa shape index (κ1) is 16.6. The van der Waals surface area contributed by atoms with Gasteiger partial charge in [-0.1, -0.05) is 5.92 Å². The lowest BCUT2D eigenvalue weighted by atomic mass is 10.1. The highest BCUT2D eigenvalue weighted by atomic mass is 16.5. The van der Waals surface area contributed by atoms with Crippen LogP contribution in [0, 0.1) is 19.3 Å². The second-order valence-corrected chi connectivity index (χ2v) is 6.27. The van der Waals surface area contributed by atoms with Crippen LogP contribution in [-0.4, -0.2) is 41.7 Å². The van der Waals surface area contributed by atoms with Crippen molar-refractivity contribution in [2.45, 2.75) is 33.2 Å². The molecular weight excluding hydrogens is 300 g/mol. The van der Waals surface area contributed by atoms with Gasteiger partial charge in [-0.15, -0.1) is 6.42 Å². The molecule has 0 radical (unpaired) electrons. The molecule has 0 atom stereocenters. The van der Waals surface area contributed by atoms with Gasteiger partial charge in [-0.05, 0) is 63.5 Å². The Bertz CT molecular complexity index is 792. The number of ether oxygens (including phenoxy) is 1. The summed E-state index contributed by atoms with van der Waals surface area (Å²) in [5, 5.41) is 1.04. The molecule has 2 aromatic rings. The maximum absolute atomic E-state index is 12.5. The number of benzene rings is 1. The van der Waals surface area contributed by atoms with Gasteiger partial charge in [-0.2, -0.15) is 0 Å². The van der Waals surface area contributed by atoms with E-state index in [0.29, 0.717) is 12.3 Å². The van der Waals surface area contributed by atoms with Gasteiger partial charge in [0, 0.05) is 29.6 Å². The zero-order valence-corrected chi connectivity index (χ0v) is 14.5. The zero-order chi connectivity index (χ0) is 17.1. The van der Waals surface area contributed by atoms with Crippen molar-refractivity contribution >= 4 is 16.9 Å². The lowest BCUT2D eigenvalue weighted by Gasteiger charge is -2.17. The number of rotatable bonds is 5. The molecule has 1 fully saturated rings. The molecule has 24 heavy (non-hydrogen) atoms. The first-order valence-corrected chi connectivity index (χ1v) is 8.64. The fraction of sp³-hybridized carbons (Fsp3) is 0.450. The Labute approximate surface area is 143 Å². The minimum Gasteiger partial charge on any atom is -0.461 e. The van der Waals surface area contributed by atoms with Crippen molar-refractivity contribution in [1.29, 1.82) is 0 Å². The second kappa shape index (κ2) is 7.11. The number of carbonyl (C=O) groups excluding carboxylic acids is 1. The van der Waals surface area contributed by atoms with Crippen LogP contribution < -0.4 is 0 Å². The number of nitrogens with zero attached hydrogens (tertiary/aromatic N) is 2. The van der Waals surface area contributed by atoms with Gasteiger partial charge >= 0.3 is 5.97 Å². The monoisotopic (exact) mass is 324 g/mol. The topological polar surface area (TPSA) is 34.5 Å². The first-order chi connectivity index (χ1) is 11.7. The van der Waals surface area contributed by atoms with E-state index in [0.717, 1.165) is 48.2 Å². The summed E-state index contributed by atoms with van der Waals surface area (Å²) in [6.45, 7) is 8.21. The molecule has 0 bridgehead atoms. The molecule has 0 unspecified atom stereocenters. The van der Waals surface area contributed by atoms with Crippen LogP contribution in [0.5, 0.6) is 0 Å². The Balaban J connectivity index is 2.03. The van der Waals surface area contributed by atoms with Crippen molar-refractivity contribution < 1.29 is 9.53 Å². The molecule has 0 spiro atoms. The molecule has 0 aliphatic carbocycles. The normalized spacial score (nSPS) is 14.9. The third kappa shape index (κ3) is 3.05. The van der Waals surface area contributed by atoms with Crippen LogP contribution in [0.3, 0.4) is 0 Å². The molecule has 0 saturated carbocycles. The van der Waals surface area contributed by atoms with E-state index in [1.54, 1.807) is 0 Å². The molecule has 1 aromatic heterocycles. The summed E-state index contributed by atoms with van der Waals surface area (Å²) in [6, 6.07) is 5.94. The summed E-state index contributed by atoms with van der Waals surface area (Å²) in [4.78, 5) is 15.0. The third-order valence-corrected chi connectivity index (χ3v) is 4.79. The van der Waals surface area contributed by atoms with Gasteiger partial charge in [-0.3, -0.25) is 0 Å². The van der Waals surface area contributed by atoms with Crippen LogP contribution in [0.25, 0.3) is 10.9 Å². The van der Waals surface area contributed by atoms with E-state index in [1.165, 1.54) is 12.8 Å². The van der Waals surface area contributed by atoms with E-state index in [1.807, 2.05) is 32.0 Å². The van der Waals surface area contributed by atoms with Gasteiger partial charge in [0.05, 0.1) is 6.61 Å². The standard InChI is InChI=1S/C20H24N2O2/c1-4-16-8-9-18-17(14-16)15(3)19(20(23)24-5-2)22(18)13-12-21-10-6-7-11-21/h1,8-9,14H,5-7,10-13H2,2-3H3. The highest BCUT2D eigenvalue weighted by Crippen LogP contribution is 2.27. The van der Waals surface area contributed by atoms with Gasteiger partial charge in [0.25, 0.3) is 0 Å². The number of carbonyl (C=O) groups is 1. The smallest absolute Gasteiger partial charge is 0.355 e. The fourth-order valence-electron chi connectivity index (χ4n) is 3.55. The summed E-state index contributed by atoms with van der Waals surface area (Å²) >= 11 is 0. The Kier molecular flexibility index (Phi) is 4.92. The van der Waals surface area contributed by atoms with Gasteiger partial charge in [0.15, 0.2) is 0 Å². The second-order valence-electron chi connectivity index (χ2n) is 6.27. The van der Waals surface area contributed by atoms with Crippen molar-refractivity contribution in [3.8, 4) is 12.3 Å². The van der Waals surface area contributed by atoms with E-state index >= 15 is 0 Å². The highest BCUT2D eigenvalue weighted by Gasteiger charge is 2.22. The molecule has 1 aliphatic rings. The lowest BCUT2D eigenvalue weighted by molar-refractivity contribution is 0.0513. The molecule has 1 aromatic carbocycles. The molecule has 126 valence electrons. The number of esters is 1. The third-order valence-electron chi connectivity index (χ3n) is 4.79. The molecule has 4 heteroatoms. The van der Waals surface area contributed by atoms with Crippen LogP contribution in [-0.2, 0) is 11.3 Å². The highest BCUT2D eigenvalue weighted by molar-refractivity contribution is 5.99. The van der Waals surface area contributed by atoms with E-state index < -0.39 is 0 Å². The number of hydrogen-bond donors (Lipinski definition) is 0. The number of aryl methyl sites for hydroxylation is 1. The van der Waals surface area contributed by atoms with Crippen molar-refractivity contribution in [1.82, 2.24) is 9.47 Å². The predicted octanol–water partition coefficient (Wildman–Crippen LogP) is 3.20. The summed E-state index contributed by atoms with van der Waals surface area (Å²) in [6.07, 6.45) is 8.06. The molecule has 3 rings (SSSR count). The first-order valence-electron chi connectivity index (χ1n) is 8.64. The molecule has 0 N–H and O–H groups in total. The minimum absolute atomic E-state index is 0.255. The fourth-order valence-corrected chi connectivity index (χ4v) is 3.55. The zero-order valence-electron chi connectivity index (χ0n) is 14.5. The van der Waals surface area contributed by atoms with Crippen molar-refractivity contribution in [3.05, 3.63) is 35.0 Å². The lowest BCUT2D eigenvalue weighted by Crippen LogP contribution is -2.25. The van der Waals surface area contributed by atoms with Crippen LogP contribution in [0.4, 0.5) is 0 Å². The number of terminal acetylenes is 1. The number of fused-ring (bicyclic) bond motifs is 1.